The van der Waals surface area contributed by atoms with Crippen LogP contribution in [-0.2, 0) is 6.54 Å². The summed E-state index contributed by atoms with van der Waals surface area (Å²) in [5, 5.41) is 7.63. The third-order valence-electron chi connectivity index (χ3n) is 4.00. The number of para-hydroxylation sites is 2. The third-order valence-corrected chi connectivity index (χ3v) is 4.00. The molecule has 0 amide bonds. The highest BCUT2D eigenvalue weighted by Gasteiger charge is 2.09. The van der Waals surface area contributed by atoms with Gasteiger partial charge in [0.2, 0.25) is 5.95 Å². The van der Waals surface area contributed by atoms with Gasteiger partial charge in [-0.25, -0.2) is 4.98 Å². The maximum atomic E-state index is 5.39. The molecule has 2 heterocycles. The average molecular weight is 366 g/mol. The second-order valence-electron chi connectivity index (χ2n) is 5.79. The molecule has 4 rings (SSSR count). The number of furan rings is 1. The number of benzene rings is 2. The van der Waals surface area contributed by atoms with Crippen molar-refractivity contribution in [1.82, 2.24) is 9.97 Å². The first-order valence-electron chi connectivity index (χ1n) is 8.15. The second kappa shape index (κ2) is 7.89. The fraction of sp³-hybridized carbons (Fsp3) is 0.100. The van der Waals surface area contributed by atoms with Crippen molar-refractivity contribution in [1.29, 1.82) is 0 Å². The summed E-state index contributed by atoms with van der Waals surface area (Å²) in [6, 6.07) is 19.8. The molecule has 5 nitrogen and oxygen atoms in total. The zero-order valence-corrected chi connectivity index (χ0v) is 15.0. The van der Waals surface area contributed by atoms with Crippen molar-refractivity contribution in [3.8, 4) is 0 Å². The maximum absolute atomic E-state index is 5.39. The Morgan fingerprint density at radius 2 is 1.73 bits per heavy atom. The summed E-state index contributed by atoms with van der Waals surface area (Å²) in [6.45, 7) is 2.62. The summed E-state index contributed by atoms with van der Waals surface area (Å²) >= 11 is 0. The normalized spacial score (nSPS) is 10.3. The van der Waals surface area contributed by atoms with Crippen LogP contribution >= 0.6 is 0 Å². The zero-order chi connectivity index (χ0) is 17.1. The Hall–Kier alpha value is -3.05. The van der Waals surface area contributed by atoms with Crippen LogP contribution in [0.3, 0.4) is 0 Å². The highest BCUT2D eigenvalue weighted by atomic mass is 35.5. The van der Waals surface area contributed by atoms with Gasteiger partial charge in [0.05, 0.1) is 18.3 Å². The van der Waals surface area contributed by atoms with Gasteiger partial charge >= 0.3 is 0 Å². The molecule has 2 N–H and O–H groups in total. The van der Waals surface area contributed by atoms with Gasteiger partial charge in [-0.2, -0.15) is 4.98 Å². The van der Waals surface area contributed by atoms with Gasteiger partial charge in [0.15, 0.2) is 0 Å². The van der Waals surface area contributed by atoms with Gasteiger partial charge in [-0.15, -0.1) is 0 Å². The van der Waals surface area contributed by atoms with Gasteiger partial charge in [0, 0.05) is 11.1 Å². The number of anilines is 3. The number of nitrogens with zero attached hydrogens (tertiary/aromatic N) is 2. The maximum Gasteiger partial charge on any atom is 0.229 e. The molecule has 0 saturated carbocycles. The molecule has 2 aromatic carbocycles. The lowest BCUT2D eigenvalue weighted by molar-refractivity contribution is -0.00000565. The molecular weight excluding hydrogens is 348 g/mol. The van der Waals surface area contributed by atoms with E-state index in [9.17, 15) is 0 Å². The van der Waals surface area contributed by atoms with E-state index in [1.54, 1.807) is 6.26 Å². The number of aryl methyl sites for hydroxylation is 1. The highest BCUT2D eigenvalue weighted by Crippen LogP contribution is 2.25. The predicted octanol–water partition coefficient (Wildman–Crippen LogP) is 1.89. The van der Waals surface area contributed by atoms with Crippen molar-refractivity contribution >= 4 is 28.4 Å². The summed E-state index contributed by atoms with van der Waals surface area (Å²) in [6.07, 6.45) is 1.67. The molecule has 0 aliphatic heterocycles. The molecular formula is C20H18ClN4O-. The zero-order valence-electron chi connectivity index (χ0n) is 14.2. The molecule has 2 aromatic heterocycles. The number of hydrogen-bond donors (Lipinski definition) is 2. The Morgan fingerprint density at radius 3 is 2.54 bits per heavy atom. The van der Waals surface area contributed by atoms with Crippen LogP contribution in [0, 0.1) is 6.92 Å². The molecule has 4 aromatic rings. The first-order valence-corrected chi connectivity index (χ1v) is 8.15. The average Bonchev–Trinajstić information content (AvgIpc) is 3.15. The van der Waals surface area contributed by atoms with Crippen LogP contribution in [0.5, 0.6) is 0 Å². The van der Waals surface area contributed by atoms with E-state index < -0.39 is 0 Å². The Bertz CT molecular complexity index is 1000. The number of aromatic nitrogens is 2. The molecule has 0 atom stereocenters. The lowest BCUT2D eigenvalue weighted by Crippen LogP contribution is -3.00. The molecule has 0 aliphatic carbocycles. The third kappa shape index (κ3) is 3.78. The number of rotatable bonds is 5. The first kappa shape index (κ1) is 17.8. The van der Waals surface area contributed by atoms with Crippen molar-refractivity contribution in [3.05, 3.63) is 78.3 Å². The lowest BCUT2D eigenvalue weighted by atomic mass is 10.2. The minimum absolute atomic E-state index is 0. The van der Waals surface area contributed by atoms with Gasteiger partial charge in [-0.1, -0.05) is 30.3 Å². The number of hydrogen-bond acceptors (Lipinski definition) is 5. The Morgan fingerprint density at radius 1 is 0.923 bits per heavy atom. The van der Waals surface area contributed by atoms with E-state index in [-0.39, 0.29) is 12.4 Å². The summed E-state index contributed by atoms with van der Waals surface area (Å²) in [5.41, 5.74) is 3.02. The SMILES string of the molecule is Cc1ccccc1Nc1nc(NCc2ccco2)c2ccccc2n1.[Cl-]. The van der Waals surface area contributed by atoms with Crippen molar-refractivity contribution in [2.75, 3.05) is 10.6 Å². The molecule has 0 unspecified atom stereocenters. The van der Waals surface area contributed by atoms with Crippen LogP contribution in [0.2, 0.25) is 0 Å². The molecule has 132 valence electrons. The van der Waals surface area contributed by atoms with E-state index in [1.165, 1.54) is 0 Å². The van der Waals surface area contributed by atoms with E-state index in [0.29, 0.717) is 12.5 Å². The minimum Gasteiger partial charge on any atom is -1.00 e. The lowest BCUT2D eigenvalue weighted by Gasteiger charge is -2.12. The van der Waals surface area contributed by atoms with Gasteiger partial charge in [-0.3, -0.25) is 0 Å². The van der Waals surface area contributed by atoms with Crippen molar-refractivity contribution < 1.29 is 16.8 Å². The predicted molar refractivity (Wildman–Crippen MR) is 100 cm³/mol. The molecule has 6 heteroatoms. The molecule has 26 heavy (non-hydrogen) atoms. The van der Waals surface area contributed by atoms with E-state index in [4.69, 9.17) is 4.42 Å². The minimum atomic E-state index is 0. The van der Waals surface area contributed by atoms with Crippen LogP contribution in [-0.4, -0.2) is 9.97 Å². The number of halogens is 1. The fourth-order valence-electron chi connectivity index (χ4n) is 2.68. The van der Waals surface area contributed by atoms with Crippen molar-refractivity contribution in [2.45, 2.75) is 13.5 Å². The molecule has 0 radical (unpaired) electrons. The van der Waals surface area contributed by atoms with Gasteiger partial charge in [0.25, 0.3) is 0 Å². The van der Waals surface area contributed by atoms with E-state index in [2.05, 4.69) is 33.6 Å². The Kier molecular flexibility index (Phi) is 5.39. The number of nitrogens with one attached hydrogen (secondary N) is 2. The van der Waals surface area contributed by atoms with Gasteiger partial charge < -0.3 is 27.5 Å². The standard InChI is InChI=1S/C20H18N4O.ClH/c1-14-7-2-4-10-17(14)22-20-23-18-11-5-3-9-16(18)19(24-20)21-13-15-8-6-12-25-15;/h2-12H,13H2,1H3,(H2,21,22,23,24);1H/p-1. The monoisotopic (exact) mass is 365 g/mol. The van der Waals surface area contributed by atoms with E-state index >= 15 is 0 Å². The van der Waals surface area contributed by atoms with Crippen molar-refractivity contribution in [2.24, 2.45) is 0 Å². The fourth-order valence-corrected chi connectivity index (χ4v) is 2.68. The largest absolute Gasteiger partial charge is 1.00 e. The topological polar surface area (TPSA) is 63.0 Å². The molecule has 0 bridgehead atoms. The summed E-state index contributed by atoms with van der Waals surface area (Å²) in [7, 11) is 0. The first-order chi connectivity index (χ1) is 12.3. The molecule has 0 spiro atoms. The Balaban J connectivity index is 0.00000196. The van der Waals surface area contributed by atoms with Crippen LogP contribution in [0.15, 0.2) is 71.3 Å². The van der Waals surface area contributed by atoms with Crippen LogP contribution in [0.4, 0.5) is 17.5 Å². The van der Waals surface area contributed by atoms with E-state index in [0.717, 1.165) is 33.7 Å². The summed E-state index contributed by atoms with van der Waals surface area (Å²) in [4.78, 5) is 9.29. The van der Waals surface area contributed by atoms with E-state index in [1.807, 2.05) is 54.6 Å². The smallest absolute Gasteiger partial charge is 0.229 e. The van der Waals surface area contributed by atoms with Crippen LogP contribution in [0.1, 0.15) is 11.3 Å². The highest BCUT2D eigenvalue weighted by molar-refractivity contribution is 5.90. The molecule has 0 saturated heterocycles. The quantitative estimate of drug-likeness (QED) is 0.565. The van der Waals surface area contributed by atoms with Crippen LogP contribution < -0.4 is 23.0 Å². The second-order valence-corrected chi connectivity index (χ2v) is 5.79. The summed E-state index contributed by atoms with van der Waals surface area (Å²) < 4.78 is 5.39. The van der Waals surface area contributed by atoms with Crippen molar-refractivity contribution in [3.63, 3.8) is 0 Å². The van der Waals surface area contributed by atoms with Gasteiger partial charge in [0.1, 0.15) is 11.6 Å². The molecule has 0 fully saturated rings. The summed E-state index contributed by atoms with van der Waals surface area (Å²) in [5.74, 6) is 2.20. The number of fused-ring (bicyclic) bond motifs is 1. The molecule has 0 aliphatic rings. The van der Waals surface area contributed by atoms with Crippen LogP contribution in [0.25, 0.3) is 10.9 Å². The van der Waals surface area contributed by atoms with Gasteiger partial charge in [-0.05, 0) is 42.8 Å². The Labute approximate surface area is 157 Å².